The molecule has 1 nitrogen and oxygen atoms in total. The minimum Gasteiger partial charge on any atom is -0.306 e. The molecule has 3 heteroatoms. The smallest absolute Gasteiger partial charge is 0.0295 e. The fourth-order valence-electron chi connectivity index (χ4n) is 1.40. The van der Waals surface area contributed by atoms with Gasteiger partial charge in [0.2, 0.25) is 0 Å². The van der Waals surface area contributed by atoms with Crippen molar-refractivity contribution in [2.24, 2.45) is 0 Å². The lowest BCUT2D eigenvalue weighted by Gasteiger charge is -2.14. The molecule has 1 atom stereocenters. The van der Waals surface area contributed by atoms with Crippen LogP contribution in [0.25, 0.3) is 0 Å². The molecule has 1 unspecified atom stereocenters. The molecule has 0 aliphatic carbocycles. The summed E-state index contributed by atoms with van der Waals surface area (Å²) in [6.07, 6.45) is 0. The molecule has 0 heterocycles. The van der Waals surface area contributed by atoms with Crippen molar-refractivity contribution in [3.05, 3.63) is 40.9 Å². The van der Waals surface area contributed by atoms with Crippen LogP contribution in [0.1, 0.15) is 25.5 Å². The number of rotatable bonds is 6. The van der Waals surface area contributed by atoms with Crippen LogP contribution in [0, 0.1) is 0 Å². The number of hydrogen-bond donors (Lipinski definition) is 1. The highest BCUT2D eigenvalue weighted by Crippen LogP contribution is 2.20. The van der Waals surface area contributed by atoms with Gasteiger partial charge in [-0.1, -0.05) is 41.6 Å². The molecule has 1 rings (SSSR count). The first kappa shape index (κ1) is 13.8. The molecule has 1 aromatic rings. The summed E-state index contributed by atoms with van der Waals surface area (Å²) in [6.45, 7) is 8.94. The predicted molar refractivity (Wildman–Crippen MR) is 77.3 cm³/mol. The van der Waals surface area contributed by atoms with Crippen molar-refractivity contribution in [1.82, 2.24) is 5.32 Å². The molecule has 0 radical (unpaired) electrons. The Labute approximate surface area is 111 Å². The molecule has 1 aromatic carbocycles. The lowest BCUT2D eigenvalue weighted by atomic mass is 10.1. The van der Waals surface area contributed by atoms with Crippen molar-refractivity contribution in [1.29, 1.82) is 0 Å². The minimum absolute atomic E-state index is 0.356. The van der Waals surface area contributed by atoms with E-state index in [-0.39, 0.29) is 0 Å². The van der Waals surface area contributed by atoms with E-state index in [9.17, 15) is 0 Å². The molecule has 0 amide bonds. The Hall–Kier alpha value is -0.250. The molecule has 0 fully saturated rings. The summed E-state index contributed by atoms with van der Waals surface area (Å²) in [6, 6.07) is 9.10. The average Bonchev–Trinajstić information content (AvgIpc) is 2.27. The van der Waals surface area contributed by atoms with Gasteiger partial charge in [0.05, 0.1) is 0 Å². The first-order valence-electron chi connectivity index (χ1n) is 5.43. The second-order valence-corrected chi connectivity index (χ2v) is 6.08. The Morgan fingerprint density at radius 2 is 2.06 bits per heavy atom. The van der Waals surface area contributed by atoms with E-state index in [4.69, 9.17) is 0 Å². The molecular formula is C13H18BrNS. The maximum Gasteiger partial charge on any atom is 0.0295 e. The SMILES string of the molecule is C=C(Br)CNC(C)c1ccc(SCC)cc1. The normalized spacial score (nSPS) is 12.4. The summed E-state index contributed by atoms with van der Waals surface area (Å²) in [5, 5.41) is 3.40. The minimum atomic E-state index is 0.356. The number of benzene rings is 1. The second kappa shape index (κ2) is 7.15. The molecule has 0 aliphatic heterocycles. The van der Waals surface area contributed by atoms with Crippen molar-refractivity contribution in [2.45, 2.75) is 24.8 Å². The molecule has 0 bridgehead atoms. The monoisotopic (exact) mass is 299 g/mol. The van der Waals surface area contributed by atoms with E-state index in [2.05, 4.69) is 65.9 Å². The predicted octanol–water partition coefficient (Wildman–Crippen LogP) is 4.36. The van der Waals surface area contributed by atoms with Crippen molar-refractivity contribution in [3.63, 3.8) is 0 Å². The van der Waals surface area contributed by atoms with Gasteiger partial charge in [-0.05, 0) is 30.4 Å². The van der Waals surface area contributed by atoms with E-state index in [1.54, 1.807) is 0 Å². The third-order valence-electron chi connectivity index (χ3n) is 2.29. The fraction of sp³-hybridized carbons (Fsp3) is 0.385. The molecule has 0 aromatic heterocycles. The lowest BCUT2D eigenvalue weighted by Crippen LogP contribution is -2.19. The topological polar surface area (TPSA) is 12.0 Å². The summed E-state index contributed by atoms with van der Waals surface area (Å²) < 4.78 is 0.984. The van der Waals surface area contributed by atoms with Crippen molar-refractivity contribution >= 4 is 27.7 Å². The Morgan fingerprint density at radius 3 is 2.56 bits per heavy atom. The highest BCUT2D eigenvalue weighted by atomic mass is 79.9. The zero-order chi connectivity index (χ0) is 12.0. The number of nitrogens with one attached hydrogen (secondary N) is 1. The van der Waals surface area contributed by atoms with Crippen LogP contribution in [0.2, 0.25) is 0 Å². The largest absolute Gasteiger partial charge is 0.306 e. The van der Waals surface area contributed by atoms with Gasteiger partial charge >= 0.3 is 0 Å². The standard InChI is InChI=1S/C13H18BrNS/c1-4-16-13-7-5-12(6-8-13)11(3)15-9-10(2)14/h5-8,11,15H,2,4,9H2,1,3H3. The molecule has 0 spiro atoms. The maximum absolute atomic E-state index is 3.81. The van der Waals surface area contributed by atoms with Crippen molar-refractivity contribution in [3.8, 4) is 0 Å². The van der Waals surface area contributed by atoms with Crippen LogP contribution < -0.4 is 5.32 Å². The summed E-state index contributed by atoms with van der Waals surface area (Å²) in [4.78, 5) is 1.34. The van der Waals surface area contributed by atoms with Gasteiger partial charge in [-0.25, -0.2) is 0 Å². The molecule has 16 heavy (non-hydrogen) atoms. The zero-order valence-electron chi connectivity index (χ0n) is 9.79. The van der Waals surface area contributed by atoms with Gasteiger partial charge < -0.3 is 5.32 Å². The Balaban J connectivity index is 2.55. The first-order chi connectivity index (χ1) is 7.63. The Morgan fingerprint density at radius 1 is 1.44 bits per heavy atom. The molecule has 88 valence electrons. The van der Waals surface area contributed by atoms with Crippen LogP contribution in [-0.4, -0.2) is 12.3 Å². The van der Waals surface area contributed by atoms with Crippen LogP contribution in [0.4, 0.5) is 0 Å². The maximum atomic E-state index is 3.81. The summed E-state index contributed by atoms with van der Waals surface area (Å²) in [7, 11) is 0. The zero-order valence-corrected chi connectivity index (χ0v) is 12.2. The molecule has 0 saturated carbocycles. The number of thioether (sulfide) groups is 1. The van der Waals surface area contributed by atoms with Crippen LogP contribution in [-0.2, 0) is 0 Å². The quantitative estimate of drug-likeness (QED) is 0.784. The van der Waals surface area contributed by atoms with Gasteiger partial charge in [-0.3, -0.25) is 0 Å². The third-order valence-corrected chi connectivity index (χ3v) is 3.47. The van der Waals surface area contributed by atoms with E-state index in [1.165, 1.54) is 10.5 Å². The molecule has 0 aliphatic rings. The van der Waals surface area contributed by atoms with Crippen LogP contribution in [0.15, 0.2) is 40.2 Å². The molecule has 0 saturated heterocycles. The van der Waals surface area contributed by atoms with Gasteiger partial charge in [-0.15, -0.1) is 11.8 Å². The number of hydrogen-bond acceptors (Lipinski definition) is 2. The lowest BCUT2D eigenvalue weighted by molar-refractivity contribution is 0.615. The van der Waals surface area contributed by atoms with E-state index < -0.39 is 0 Å². The van der Waals surface area contributed by atoms with Gasteiger partial charge in [0.15, 0.2) is 0 Å². The van der Waals surface area contributed by atoms with Crippen LogP contribution in [0.5, 0.6) is 0 Å². The highest BCUT2D eigenvalue weighted by Gasteiger charge is 2.04. The van der Waals surface area contributed by atoms with Gasteiger partial charge in [0, 0.05) is 22.0 Å². The first-order valence-corrected chi connectivity index (χ1v) is 7.20. The van der Waals surface area contributed by atoms with Crippen LogP contribution in [0.3, 0.4) is 0 Å². The van der Waals surface area contributed by atoms with Crippen LogP contribution >= 0.6 is 27.7 Å². The fourth-order valence-corrected chi connectivity index (χ4v) is 2.22. The Kier molecular flexibility index (Phi) is 6.17. The average molecular weight is 300 g/mol. The van der Waals surface area contributed by atoms with Crippen molar-refractivity contribution < 1.29 is 0 Å². The molecule has 1 N–H and O–H groups in total. The van der Waals surface area contributed by atoms with Gasteiger partial charge in [-0.2, -0.15) is 0 Å². The van der Waals surface area contributed by atoms with E-state index in [0.29, 0.717) is 6.04 Å². The van der Waals surface area contributed by atoms with Crippen molar-refractivity contribution in [2.75, 3.05) is 12.3 Å². The van der Waals surface area contributed by atoms with E-state index in [0.717, 1.165) is 16.8 Å². The second-order valence-electron chi connectivity index (χ2n) is 3.62. The number of halogens is 1. The van der Waals surface area contributed by atoms with E-state index in [1.807, 2.05) is 11.8 Å². The van der Waals surface area contributed by atoms with Gasteiger partial charge in [0.1, 0.15) is 0 Å². The third kappa shape index (κ3) is 4.73. The van der Waals surface area contributed by atoms with E-state index >= 15 is 0 Å². The Bertz CT molecular complexity index is 334. The van der Waals surface area contributed by atoms with Gasteiger partial charge in [0.25, 0.3) is 0 Å². The highest BCUT2D eigenvalue weighted by molar-refractivity contribution is 9.11. The summed E-state index contributed by atoms with van der Waals surface area (Å²) in [5.74, 6) is 1.12. The summed E-state index contributed by atoms with van der Waals surface area (Å²) >= 11 is 5.22. The molecular weight excluding hydrogens is 282 g/mol. The summed E-state index contributed by atoms with van der Waals surface area (Å²) in [5.41, 5.74) is 1.31.